The van der Waals surface area contributed by atoms with E-state index in [2.05, 4.69) is 5.32 Å². The standard InChI is InChI=1S/C17H19NO5S/c1-10(8-11-4-5-12(22-2)13(9-11)23-3)18-16(19)14-6-7-15(24-14)17(20)21/h4-7,9-10H,8H2,1-3H3,(H,18,19)(H,20,21). The Morgan fingerprint density at radius 1 is 1.12 bits per heavy atom. The van der Waals surface area contributed by atoms with E-state index in [1.807, 2.05) is 25.1 Å². The Kier molecular flexibility index (Phi) is 5.81. The lowest BCUT2D eigenvalue weighted by atomic mass is 10.1. The molecule has 0 saturated carbocycles. The number of carbonyl (C=O) groups excluding carboxylic acids is 1. The normalized spacial score (nSPS) is 11.6. The lowest BCUT2D eigenvalue weighted by Crippen LogP contribution is -2.33. The summed E-state index contributed by atoms with van der Waals surface area (Å²) in [6.07, 6.45) is 0.614. The molecule has 0 aliphatic heterocycles. The SMILES string of the molecule is COc1ccc(CC(C)NC(=O)c2ccc(C(=O)O)s2)cc1OC. The molecule has 2 rings (SSSR count). The number of ether oxygens (including phenoxy) is 2. The molecule has 0 bridgehead atoms. The molecule has 0 aliphatic rings. The van der Waals surface area contributed by atoms with E-state index in [1.54, 1.807) is 14.2 Å². The molecule has 1 aromatic heterocycles. The first-order valence-corrected chi connectivity index (χ1v) is 8.11. The van der Waals surface area contributed by atoms with Crippen LogP contribution in [0.15, 0.2) is 30.3 Å². The van der Waals surface area contributed by atoms with E-state index >= 15 is 0 Å². The predicted octanol–water partition coefficient (Wildman–Crippen LogP) is 2.82. The molecule has 1 aromatic carbocycles. The second-order valence-electron chi connectivity index (χ2n) is 5.24. The number of nitrogens with one attached hydrogen (secondary N) is 1. The van der Waals surface area contributed by atoms with Crippen LogP contribution < -0.4 is 14.8 Å². The van der Waals surface area contributed by atoms with Gasteiger partial charge in [0.25, 0.3) is 5.91 Å². The first-order valence-electron chi connectivity index (χ1n) is 7.29. The lowest BCUT2D eigenvalue weighted by molar-refractivity contribution is 0.0702. The smallest absolute Gasteiger partial charge is 0.345 e. The maximum absolute atomic E-state index is 12.2. The van der Waals surface area contributed by atoms with Gasteiger partial charge in [-0.3, -0.25) is 4.79 Å². The van der Waals surface area contributed by atoms with Gasteiger partial charge in [0.1, 0.15) is 4.88 Å². The molecule has 0 spiro atoms. The van der Waals surface area contributed by atoms with E-state index in [9.17, 15) is 9.59 Å². The number of rotatable bonds is 7. The monoisotopic (exact) mass is 349 g/mol. The topological polar surface area (TPSA) is 84.9 Å². The maximum Gasteiger partial charge on any atom is 0.345 e. The minimum atomic E-state index is -1.03. The zero-order valence-corrected chi connectivity index (χ0v) is 14.5. The molecule has 1 amide bonds. The molecular weight excluding hydrogens is 330 g/mol. The summed E-state index contributed by atoms with van der Waals surface area (Å²) in [5.41, 5.74) is 0.998. The third kappa shape index (κ3) is 4.26. The van der Waals surface area contributed by atoms with E-state index in [4.69, 9.17) is 14.6 Å². The van der Waals surface area contributed by atoms with Crippen LogP contribution in [0.5, 0.6) is 11.5 Å². The first-order chi connectivity index (χ1) is 11.4. The molecule has 0 fully saturated rings. The van der Waals surface area contributed by atoms with Gasteiger partial charge in [0.15, 0.2) is 11.5 Å². The molecular formula is C17H19NO5S. The zero-order chi connectivity index (χ0) is 17.7. The van der Waals surface area contributed by atoms with Gasteiger partial charge in [0.2, 0.25) is 0 Å². The van der Waals surface area contributed by atoms with Crippen molar-refractivity contribution < 1.29 is 24.2 Å². The number of carboxylic acids is 1. The fourth-order valence-electron chi connectivity index (χ4n) is 2.28. The van der Waals surface area contributed by atoms with Gasteiger partial charge in [0.05, 0.1) is 19.1 Å². The fourth-order valence-corrected chi connectivity index (χ4v) is 3.03. The molecule has 1 heterocycles. The zero-order valence-electron chi connectivity index (χ0n) is 13.7. The second kappa shape index (κ2) is 7.83. The number of benzene rings is 1. The Balaban J connectivity index is 2.00. The number of amides is 1. The molecule has 2 aromatic rings. The van der Waals surface area contributed by atoms with Gasteiger partial charge in [-0.2, -0.15) is 0 Å². The molecule has 1 unspecified atom stereocenters. The van der Waals surface area contributed by atoms with Crippen molar-refractivity contribution in [2.24, 2.45) is 0 Å². The quantitative estimate of drug-likeness (QED) is 0.803. The van der Waals surface area contributed by atoms with Crippen LogP contribution in [0.3, 0.4) is 0 Å². The van der Waals surface area contributed by atoms with Gasteiger partial charge in [-0.05, 0) is 43.2 Å². The average Bonchev–Trinajstić information content (AvgIpc) is 3.05. The Bertz CT molecular complexity index is 740. The number of aromatic carboxylic acids is 1. The number of methoxy groups -OCH3 is 2. The van der Waals surface area contributed by atoms with Crippen LogP contribution in [-0.2, 0) is 6.42 Å². The third-order valence-corrected chi connectivity index (χ3v) is 4.48. The van der Waals surface area contributed by atoms with Gasteiger partial charge in [0, 0.05) is 6.04 Å². The number of carboxylic acid groups (broad SMARTS) is 1. The molecule has 6 nitrogen and oxygen atoms in total. The molecule has 7 heteroatoms. The number of hydrogen-bond acceptors (Lipinski definition) is 5. The van der Waals surface area contributed by atoms with Gasteiger partial charge in [-0.15, -0.1) is 11.3 Å². The highest BCUT2D eigenvalue weighted by Gasteiger charge is 2.15. The van der Waals surface area contributed by atoms with Crippen LogP contribution >= 0.6 is 11.3 Å². The van der Waals surface area contributed by atoms with Gasteiger partial charge < -0.3 is 19.9 Å². The van der Waals surface area contributed by atoms with Crippen LogP contribution in [0.4, 0.5) is 0 Å². The lowest BCUT2D eigenvalue weighted by Gasteiger charge is -2.15. The summed E-state index contributed by atoms with van der Waals surface area (Å²) >= 11 is 0.960. The summed E-state index contributed by atoms with van der Waals surface area (Å²) in [5.74, 6) is -0.0199. The van der Waals surface area contributed by atoms with Crippen LogP contribution in [-0.4, -0.2) is 37.2 Å². The summed E-state index contributed by atoms with van der Waals surface area (Å²) in [5, 5.41) is 11.8. The predicted molar refractivity (Wildman–Crippen MR) is 91.5 cm³/mol. The van der Waals surface area contributed by atoms with Gasteiger partial charge >= 0.3 is 5.97 Å². The van der Waals surface area contributed by atoms with Crippen molar-refractivity contribution in [2.75, 3.05) is 14.2 Å². The van der Waals surface area contributed by atoms with Crippen LogP contribution in [0.1, 0.15) is 31.8 Å². The Morgan fingerprint density at radius 3 is 2.38 bits per heavy atom. The number of hydrogen-bond donors (Lipinski definition) is 2. The minimum absolute atomic E-state index is 0.119. The van der Waals surface area contributed by atoms with Crippen molar-refractivity contribution >= 4 is 23.2 Å². The number of carbonyl (C=O) groups is 2. The van der Waals surface area contributed by atoms with Crippen LogP contribution in [0, 0.1) is 0 Å². The van der Waals surface area contributed by atoms with Crippen LogP contribution in [0.25, 0.3) is 0 Å². The van der Waals surface area contributed by atoms with Crippen molar-refractivity contribution in [1.29, 1.82) is 0 Å². The van der Waals surface area contributed by atoms with Gasteiger partial charge in [-0.25, -0.2) is 4.79 Å². The molecule has 24 heavy (non-hydrogen) atoms. The van der Waals surface area contributed by atoms with E-state index in [0.717, 1.165) is 16.9 Å². The summed E-state index contributed by atoms with van der Waals surface area (Å²) in [6, 6.07) is 8.44. The molecule has 1 atom stereocenters. The van der Waals surface area contributed by atoms with E-state index < -0.39 is 5.97 Å². The van der Waals surface area contributed by atoms with Crippen molar-refractivity contribution in [2.45, 2.75) is 19.4 Å². The minimum Gasteiger partial charge on any atom is -0.493 e. The third-order valence-electron chi connectivity index (χ3n) is 3.41. The summed E-state index contributed by atoms with van der Waals surface area (Å²) in [4.78, 5) is 23.6. The van der Waals surface area contributed by atoms with Crippen LogP contribution in [0.2, 0.25) is 0 Å². The summed E-state index contributed by atoms with van der Waals surface area (Å²) in [7, 11) is 3.15. The van der Waals surface area contributed by atoms with E-state index in [-0.39, 0.29) is 16.8 Å². The summed E-state index contributed by atoms with van der Waals surface area (Å²) < 4.78 is 10.5. The highest BCUT2D eigenvalue weighted by Crippen LogP contribution is 2.28. The Morgan fingerprint density at radius 2 is 1.79 bits per heavy atom. The van der Waals surface area contributed by atoms with Crippen molar-refractivity contribution in [3.8, 4) is 11.5 Å². The van der Waals surface area contributed by atoms with Crippen molar-refractivity contribution in [1.82, 2.24) is 5.32 Å². The second-order valence-corrected chi connectivity index (χ2v) is 6.32. The highest BCUT2D eigenvalue weighted by atomic mass is 32.1. The van der Waals surface area contributed by atoms with E-state index in [1.165, 1.54) is 12.1 Å². The van der Waals surface area contributed by atoms with Crippen molar-refractivity contribution in [3.63, 3.8) is 0 Å². The molecule has 128 valence electrons. The fraction of sp³-hybridized carbons (Fsp3) is 0.294. The molecule has 0 saturated heterocycles. The highest BCUT2D eigenvalue weighted by molar-refractivity contribution is 7.15. The summed E-state index contributed by atoms with van der Waals surface area (Å²) in [6.45, 7) is 1.89. The Labute approximate surface area is 144 Å². The first kappa shape index (κ1) is 17.8. The molecule has 0 radical (unpaired) electrons. The Hall–Kier alpha value is -2.54. The molecule has 0 aliphatic carbocycles. The van der Waals surface area contributed by atoms with Gasteiger partial charge in [-0.1, -0.05) is 6.07 Å². The largest absolute Gasteiger partial charge is 0.493 e. The maximum atomic E-state index is 12.2. The van der Waals surface area contributed by atoms with E-state index in [0.29, 0.717) is 22.8 Å². The van der Waals surface area contributed by atoms with Crippen molar-refractivity contribution in [3.05, 3.63) is 45.6 Å². The molecule has 2 N–H and O–H groups in total. The number of thiophene rings is 1. The average molecular weight is 349 g/mol.